The molecule has 134 valence electrons. The van der Waals surface area contributed by atoms with E-state index in [-0.39, 0.29) is 5.91 Å². The van der Waals surface area contributed by atoms with Crippen LogP contribution in [-0.4, -0.2) is 10.9 Å². The van der Waals surface area contributed by atoms with E-state index in [4.69, 9.17) is 22.3 Å². The normalized spacial score (nSPS) is 16.5. The van der Waals surface area contributed by atoms with Crippen molar-refractivity contribution in [3.05, 3.63) is 51.5 Å². The summed E-state index contributed by atoms with van der Waals surface area (Å²) in [4.78, 5) is 18.8. The minimum absolute atomic E-state index is 0.211. The van der Waals surface area contributed by atoms with Gasteiger partial charge in [-0.05, 0) is 61.1 Å². The molecule has 1 atom stereocenters. The highest BCUT2D eigenvalue weighted by molar-refractivity contribution is 7.21. The molecule has 2 heterocycles. The summed E-state index contributed by atoms with van der Waals surface area (Å²) in [7, 11) is 0. The van der Waals surface area contributed by atoms with Gasteiger partial charge in [0.1, 0.15) is 9.71 Å². The van der Waals surface area contributed by atoms with Gasteiger partial charge in [-0.25, -0.2) is 4.98 Å². The molecule has 4 nitrogen and oxygen atoms in total. The van der Waals surface area contributed by atoms with E-state index in [1.165, 1.54) is 29.7 Å². The summed E-state index contributed by atoms with van der Waals surface area (Å²) in [6, 6.07) is 9.16. The number of anilines is 2. The summed E-state index contributed by atoms with van der Waals surface area (Å²) in [5.74, 6) is 0.506. The molecule has 0 spiro atoms. The Balaban J connectivity index is 1.67. The number of hydrogen-bond acceptors (Lipinski definition) is 4. The molecule has 0 radical (unpaired) electrons. The third-order valence-electron chi connectivity index (χ3n) is 5.07. The molecule has 1 aliphatic rings. The van der Waals surface area contributed by atoms with Crippen LogP contribution < -0.4 is 11.1 Å². The molecular weight excluding hydrogens is 366 g/mol. The number of pyridine rings is 1. The van der Waals surface area contributed by atoms with Crippen molar-refractivity contribution in [1.29, 1.82) is 0 Å². The maximum Gasteiger partial charge on any atom is 0.267 e. The topological polar surface area (TPSA) is 68.0 Å². The molecule has 3 N–H and O–H groups in total. The number of nitrogens with zero attached hydrogens (tertiary/aromatic N) is 1. The summed E-state index contributed by atoms with van der Waals surface area (Å²) >= 11 is 7.25. The molecule has 26 heavy (non-hydrogen) atoms. The number of nitrogens with two attached hydrogens (primary N) is 1. The minimum Gasteiger partial charge on any atom is -0.397 e. The monoisotopic (exact) mass is 385 g/mol. The third kappa shape index (κ3) is 3.17. The summed E-state index contributed by atoms with van der Waals surface area (Å²) in [5, 5.41) is 4.40. The van der Waals surface area contributed by atoms with Gasteiger partial charge < -0.3 is 11.1 Å². The Labute approximate surface area is 161 Å². The van der Waals surface area contributed by atoms with Crippen LogP contribution in [0.2, 0.25) is 5.02 Å². The van der Waals surface area contributed by atoms with Crippen molar-refractivity contribution in [2.75, 3.05) is 11.1 Å². The summed E-state index contributed by atoms with van der Waals surface area (Å²) < 4.78 is 0. The minimum atomic E-state index is -0.211. The van der Waals surface area contributed by atoms with Crippen molar-refractivity contribution in [3.63, 3.8) is 0 Å². The Morgan fingerprint density at radius 1 is 1.38 bits per heavy atom. The zero-order chi connectivity index (χ0) is 18.3. The number of hydrogen-bond donors (Lipinski definition) is 2. The second-order valence-corrected chi connectivity index (χ2v) is 8.21. The Bertz CT molecular complexity index is 981. The molecule has 6 heteroatoms. The first kappa shape index (κ1) is 17.3. The Hall–Kier alpha value is -2.11. The van der Waals surface area contributed by atoms with E-state index in [0.717, 1.165) is 28.8 Å². The largest absolute Gasteiger partial charge is 0.397 e. The molecule has 0 bridgehead atoms. The van der Waals surface area contributed by atoms with Gasteiger partial charge in [-0.3, -0.25) is 4.79 Å². The smallest absolute Gasteiger partial charge is 0.267 e. The predicted molar refractivity (Wildman–Crippen MR) is 109 cm³/mol. The number of rotatable bonds is 3. The number of carbonyl (C=O) groups is 1. The number of nitrogen functional groups attached to an aromatic ring is 1. The lowest BCUT2D eigenvalue weighted by Crippen LogP contribution is -2.14. The molecule has 0 fully saturated rings. The van der Waals surface area contributed by atoms with Gasteiger partial charge in [0.2, 0.25) is 0 Å². The van der Waals surface area contributed by atoms with Gasteiger partial charge in [0.05, 0.1) is 5.69 Å². The number of fused-ring (bicyclic) bond motifs is 2. The lowest BCUT2D eigenvalue weighted by molar-refractivity contribution is 0.103. The van der Waals surface area contributed by atoms with Crippen molar-refractivity contribution in [1.82, 2.24) is 4.98 Å². The van der Waals surface area contributed by atoms with Gasteiger partial charge in [0, 0.05) is 21.8 Å². The molecule has 1 aliphatic carbocycles. The first-order chi connectivity index (χ1) is 12.5. The predicted octanol–water partition coefficient (Wildman–Crippen LogP) is 5.30. The maximum atomic E-state index is 12.7. The van der Waals surface area contributed by atoms with E-state index in [1.807, 2.05) is 0 Å². The quantitative estimate of drug-likeness (QED) is 0.642. The number of nitrogens with one attached hydrogen (secondary N) is 1. The van der Waals surface area contributed by atoms with E-state index >= 15 is 0 Å². The number of aromatic nitrogens is 1. The van der Waals surface area contributed by atoms with E-state index in [0.29, 0.717) is 27.2 Å². The number of halogens is 1. The van der Waals surface area contributed by atoms with Crippen LogP contribution in [0.1, 0.15) is 40.7 Å². The van der Waals surface area contributed by atoms with Crippen LogP contribution in [0.4, 0.5) is 11.4 Å². The Kier molecular flexibility index (Phi) is 4.59. The number of benzene rings is 1. The van der Waals surface area contributed by atoms with Gasteiger partial charge in [-0.1, -0.05) is 24.9 Å². The fourth-order valence-electron chi connectivity index (χ4n) is 3.50. The van der Waals surface area contributed by atoms with Crippen LogP contribution in [0.3, 0.4) is 0 Å². The Morgan fingerprint density at radius 3 is 2.88 bits per heavy atom. The molecule has 1 aromatic carbocycles. The molecule has 0 saturated heterocycles. The second kappa shape index (κ2) is 6.89. The first-order valence-corrected chi connectivity index (χ1v) is 10.0. The fourth-order valence-corrected chi connectivity index (χ4v) is 4.62. The summed E-state index contributed by atoms with van der Waals surface area (Å²) in [6.07, 6.45) is 4.43. The average Bonchev–Trinajstić information content (AvgIpc) is 2.97. The van der Waals surface area contributed by atoms with Crippen LogP contribution in [0.25, 0.3) is 10.2 Å². The molecule has 1 amide bonds. The number of amides is 1. The van der Waals surface area contributed by atoms with Crippen LogP contribution in [0.15, 0.2) is 30.3 Å². The summed E-state index contributed by atoms with van der Waals surface area (Å²) in [5.41, 5.74) is 9.96. The highest BCUT2D eigenvalue weighted by atomic mass is 35.5. The number of carbonyl (C=O) groups excluding carboxylic acids is 1. The first-order valence-electron chi connectivity index (χ1n) is 8.82. The van der Waals surface area contributed by atoms with Gasteiger partial charge in [0.15, 0.2) is 0 Å². The molecule has 3 aromatic rings. The lowest BCUT2D eigenvalue weighted by atomic mass is 9.85. The highest BCUT2D eigenvalue weighted by Crippen LogP contribution is 2.37. The maximum absolute atomic E-state index is 12.7. The van der Waals surface area contributed by atoms with Gasteiger partial charge in [-0.15, -0.1) is 11.3 Å². The SMILES string of the molecule is CC[C@H]1CCc2nc3sc(C(=O)Nc4ccc(Cl)cc4)c(N)c3cc2C1. The standard InChI is InChI=1S/C20H20ClN3OS/c1-2-11-3-8-16-12(9-11)10-15-17(22)18(26-20(15)24-16)19(25)23-14-6-4-13(21)5-7-14/h4-7,10-11H,2-3,8-9,22H2,1H3,(H,23,25)/t11-/m0/s1. The zero-order valence-electron chi connectivity index (χ0n) is 14.5. The molecule has 2 aromatic heterocycles. The molecule has 0 saturated carbocycles. The van der Waals surface area contributed by atoms with Crippen molar-refractivity contribution in [2.45, 2.75) is 32.6 Å². The fraction of sp³-hybridized carbons (Fsp3) is 0.300. The van der Waals surface area contributed by atoms with Crippen LogP contribution in [-0.2, 0) is 12.8 Å². The van der Waals surface area contributed by atoms with E-state index in [2.05, 4.69) is 18.3 Å². The number of aryl methyl sites for hydroxylation is 1. The van der Waals surface area contributed by atoms with Crippen LogP contribution >= 0.6 is 22.9 Å². The Morgan fingerprint density at radius 2 is 2.15 bits per heavy atom. The molecular formula is C20H20ClN3OS. The highest BCUT2D eigenvalue weighted by Gasteiger charge is 2.23. The van der Waals surface area contributed by atoms with Crippen molar-refractivity contribution < 1.29 is 4.79 Å². The van der Waals surface area contributed by atoms with E-state index < -0.39 is 0 Å². The van der Waals surface area contributed by atoms with Gasteiger partial charge >= 0.3 is 0 Å². The van der Waals surface area contributed by atoms with Gasteiger partial charge in [-0.2, -0.15) is 0 Å². The van der Waals surface area contributed by atoms with Crippen LogP contribution in [0.5, 0.6) is 0 Å². The molecule has 0 unspecified atom stereocenters. The van der Waals surface area contributed by atoms with E-state index in [9.17, 15) is 4.79 Å². The molecule has 0 aliphatic heterocycles. The van der Waals surface area contributed by atoms with E-state index in [1.54, 1.807) is 24.3 Å². The zero-order valence-corrected chi connectivity index (χ0v) is 16.1. The average molecular weight is 386 g/mol. The van der Waals surface area contributed by atoms with Crippen molar-refractivity contribution >= 4 is 50.4 Å². The van der Waals surface area contributed by atoms with Crippen molar-refractivity contribution in [2.24, 2.45) is 5.92 Å². The van der Waals surface area contributed by atoms with Gasteiger partial charge in [0.25, 0.3) is 5.91 Å². The molecule has 4 rings (SSSR count). The second-order valence-electron chi connectivity index (χ2n) is 6.77. The van der Waals surface area contributed by atoms with Crippen LogP contribution in [0, 0.1) is 5.92 Å². The van der Waals surface area contributed by atoms with Crippen molar-refractivity contribution in [3.8, 4) is 0 Å². The summed E-state index contributed by atoms with van der Waals surface area (Å²) in [6.45, 7) is 2.24. The lowest BCUT2D eigenvalue weighted by Gasteiger charge is -2.22. The third-order valence-corrected chi connectivity index (χ3v) is 6.44. The number of thiophene rings is 1.